The molecule has 4 heteroatoms. The molecular weight excluding hydrogens is 548 g/mol. The van der Waals surface area contributed by atoms with E-state index >= 15 is 0 Å². The van der Waals surface area contributed by atoms with Gasteiger partial charge in [-0.2, -0.15) is 0 Å². The summed E-state index contributed by atoms with van der Waals surface area (Å²) in [5, 5.41) is 0. The van der Waals surface area contributed by atoms with Crippen LogP contribution in [0.5, 0.6) is 0 Å². The fourth-order valence-electron chi connectivity index (χ4n) is 7.15. The molecule has 0 aromatic heterocycles. The molecule has 5 aromatic carbocycles. The predicted octanol–water partition coefficient (Wildman–Crippen LogP) is 9.04. The average molecular weight is 597 g/mol. The molecule has 0 saturated carbocycles. The van der Waals surface area contributed by atoms with Crippen molar-refractivity contribution in [3.63, 3.8) is 0 Å². The average Bonchev–Trinajstić information content (AvgIpc) is 2.97. The first-order valence-electron chi connectivity index (χ1n) is 15.8. The van der Waals surface area contributed by atoms with Crippen LogP contribution in [0.2, 0.25) is 0 Å². The van der Waals surface area contributed by atoms with Crippen molar-refractivity contribution in [2.24, 2.45) is 0 Å². The molecule has 0 saturated heterocycles. The Bertz CT molecular complexity index is 1800. The third-order valence-corrected chi connectivity index (χ3v) is 9.35. The van der Waals surface area contributed by atoms with Gasteiger partial charge in [0.2, 0.25) is 0 Å². The molecule has 45 heavy (non-hydrogen) atoms. The zero-order valence-corrected chi connectivity index (χ0v) is 28.1. The number of benzene rings is 5. The molecule has 0 spiro atoms. The van der Waals surface area contributed by atoms with E-state index in [-0.39, 0.29) is 11.8 Å². The molecule has 5 aromatic rings. The third kappa shape index (κ3) is 6.28. The first-order chi connectivity index (χ1) is 21.2. The number of nitrogens with two attached hydrogens (primary N) is 4. The van der Waals surface area contributed by atoms with E-state index in [2.05, 4.69) is 128 Å². The molecule has 0 radical (unpaired) electrons. The van der Waals surface area contributed by atoms with Crippen LogP contribution in [0.25, 0.3) is 0 Å². The van der Waals surface area contributed by atoms with Crippen molar-refractivity contribution >= 4 is 22.7 Å². The van der Waals surface area contributed by atoms with E-state index in [1.54, 1.807) is 0 Å². The minimum atomic E-state index is -0.127. The van der Waals surface area contributed by atoms with Crippen LogP contribution in [0.3, 0.4) is 0 Å². The highest BCUT2D eigenvalue weighted by Crippen LogP contribution is 2.43. The highest BCUT2D eigenvalue weighted by molar-refractivity contribution is 5.68. The molecule has 0 aliphatic carbocycles. The summed E-state index contributed by atoms with van der Waals surface area (Å²) in [5.74, 6) is -0.147. The lowest BCUT2D eigenvalue weighted by molar-refractivity contribution is 0.803. The Morgan fingerprint density at radius 2 is 0.800 bits per heavy atom. The van der Waals surface area contributed by atoms with Gasteiger partial charge in [0.05, 0.1) is 0 Å². The number of aryl methyl sites for hydroxylation is 8. The molecule has 8 N–H and O–H groups in total. The van der Waals surface area contributed by atoms with Gasteiger partial charge >= 0.3 is 0 Å². The highest BCUT2D eigenvalue weighted by atomic mass is 14.6. The van der Waals surface area contributed by atoms with Crippen molar-refractivity contribution in [2.75, 3.05) is 22.9 Å². The zero-order valence-electron chi connectivity index (χ0n) is 28.1. The second kappa shape index (κ2) is 12.4. The summed E-state index contributed by atoms with van der Waals surface area (Å²) < 4.78 is 0. The van der Waals surface area contributed by atoms with Crippen molar-refractivity contribution < 1.29 is 0 Å². The Hall–Kier alpha value is -4.70. The van der Waals surface area contributed by atoms with Gasteiger partial charge in [0.1, 0.15) is 0 Å². The lowest BCUT2D eigenvalue weighted by atomic mass is 9.78. The van der Waals surface area contributed by atoms with Crippen LogP contribution in [0.1, 0.15) is 89.7 Å². The highest BCUT2D eigenvalue weighted by Gasteiger charge is 2.26. The molecule has 0 unspecified atom stereocenters. The van der Waals surface area contributed by atoms with Gasteiger partial charge in [0.15, 0.2) is 0 Å². The Kier molecular flexibility index (Phi) is 8.71. The third-order valence-electron chi connectivity index (χ3n) is 9.35. The van der Waals surface area contributed by atoms with E-state index in [9.17, 15) is 0 Å². The first-order valence-corrected chi connectivity index (χ1v) is 15.8. The zero-order chi connectivity index (χ0) is 32.7. The van der Waals surface area contributed by atoms with Gasteiger partial charge in [-0.15, -0.1) is 0 Å². The van der Waals surface area contributed by atoms with Crippen LogP contribution in [0.15, 0.2) is 72.8 Å². The van der Waals surface area contributed by atoms with Crippen LogP contribution >= 0.6 is 0 Å². The van der Waals surface area contributed by atoms with E-state index in [1.807, 2.05) is 0 Å². The normalized spacial score (nSPS) is 11.5. The molecule has 0 heterocycles. The van der Waals surface area contributed by atoms with Gasteiger partial charge in [0.25, 0.3) is 0 Å². The number of rotatable bonds is 7. The minimum absolute atomic E-state index is 0.0199. The summed E-state index contributed by atoms with van der Waals surface area (Å²) in [6, 6.07) is 26.3. The maximum atomic E-state index is 6.85. The molecule has 4 nitrogen and oxygen atoms in total. The van der Waals surface area contributed by atoms with E-state index in [0.29, 0.717) is 0 Å². The fourth-order valence-corrected chi connectivity index (χ4v) is 7.15. The lowest BCUT2D eigenvalue weighted by Gasteiger charge is -2.27. The van der Waals surface area contributed by atoms with E-state index < -0.39 is 0 Å². The minimum Gasteiger partial charge on any atom is -0.398 e. The Morgan fingerprint density at radius 1 is 0.444 bits per heavy atom. The van der Waals surface area contributed by atoms with Crippen LogP contribution in [0.4, 0.5) is 22.7 Å². The smallest absolute Gasteiger partial charge is 0.0386 e. The van der Waals surface area contributed by atoms with E-state index in [4.69, 9.17) is 22.9 Å². The fraction of sp³-hybridized carbons (Fsp3) is 0.268. The lowest BCUT2D eigenvalue weighted by Crippen LogP contribution is -2.14. The van der Waals surface area contributed by atoms with Crippen molar-refractivity contribution in [3.05, 3.63) is 151 Å². The topological polar surface area (TPSA) is 104 Å². The maximum absolute atomic E-state index is 6.85. The van der Waals surface area contributed by atoms with Gasteiger partial charge in [-0.3, -0.25) is 0 Å². The van der Waals surface area contributed by atoms with Gasteiger partial charge in [-0.25, -0.2) is 0 Å². The van der Waals surface area contributed by atoms with Crippen molar-refractivity contribution in [3.8, 4) is 0 Å². The van der Waals surface area contributed by atoms with Crippen LogP contribution in [-0.2, 0) is 6.42 Å². The number of hydrogen-bond donors (Lipinski definition) is 4. The Morgan fingerprint density at radius 3 is 1.20 bits per heavy atom. The summed E-state index contributed by atoms with van der Waals surface area (Å²) in [6.45, 7) is 16.8. The van der Waals surface area contributed by atoms with Crippen LogP contribution in [-0.4, -0.2) is 0 Å². The van der Waals surface area contributed by atoms with Crippen LogP contribution < -0.4 is 22.9 Å². The second-order valence-corrected chi connectivity index (χ2v) is 13.3. The molecule has 0 atom stereocenters. The van der Waals surface area contributed by atoms with E-state index in [1.165, 1.54) is 27.8 Å². The van der Waals surface area contributed by atoms with Crippen LogP contribution in [0, 0.1) is 55.4 Å². The SMILES string of the molecule is Cc1cc(C)c(N)c(C(Cc2cccc(C(c3cc(C)cc(C)c3N)c3cc(C)cc(C)c3N)c2)c2cc(C)cc(C)c2N)c1. The molecule has 0 aliphatic rings. The van der Waals surface area contributed by atoms with Gasteiger partial charge in [-0.1, -0.05) is 95.1 Å². The summed E-state index contributed by atoms with van der Waals surface area (Å²) in [6.07, 6.45) is 0.741. The second-order valence-electron chi connectivity index (χ2n) is 13.3. The molecule has 0 fully saturated rings. The predicted molar refractivity (Wildman–Crippen MR) is 194 cm³/mol. The monoisotopic (exact) mass is 596 g/mol. The molecule has 0 aliphatic heterocycles. The first kappa shape index (κ1) is 31.7. The molecule has 5 rings (SSSR count). The van der Waals surface area contributed by atoms with Gasteiger partial charge < -0.3 is 22.9 Å². The maximum Gasteiger partial charge on any atom is 0.0386 e. The van der Waals surface area contributed by atoms with Gasteiger partial charge in [0, 0.05) is 34.6 Å². The molecule has 0 amide bonds. The van der Waals surface area contributed by atoms with Crippen molar-refractivity contribution in [2.45, 2.75) is 73.6 Å². The van der Waals surface area contributed by atoms with Crippen molar-refractivity contribution in [1.82, 2.24) is 0 Å². The number of nitrogen functional groups attached to an aromatic ring is 4. The molecular formula is C41H48N4. The van der Waals surface area contributed by atoms with Crippen molar-refractivity contribution in [1.29, 1.82) is 0 Å². The quantitative estimate of drug-likeness (QED) is 0.111. The van der Waals surface area contributed by atoms with Gasteiger partial charge in [-0.05, 0) is 117 Å². The summed E-state index contributed by atoms with van der Waals surface area (Å²) in [5.41, 5.74) is 46.4. The Balaban J connectivity index is 1.72. The number of anilines is 4. The Labute approximate surface area is 269 Å². The van der Waals surface area contributed by atoms with E-state index in [0.717, 1.165) is 79.2 Å². The number of hydrogen-bond acceptors (Lipinski definition) is 4. The summed E-state index contributed by atoms with van der Waals surface area (Å²) in [7, 11) is 0. The summed E-state index contributed by atoms with van der Waals surface area (Å²) >= 11 is 0. The summed E-state index contributed by atoms with van der Waals surface area (Å²) in [4.78, 5) is 0. The molecule has 0 bridgehead atoms. The largest absolute Gasteiger partial charge is 0.398 e. The molecule has 232 valence electrons. The standard InChI is InChI=1S/C41H48N4/c1-22-12-26(5)38(42)33(16-22)32(34-17-23(2)13-27(6)39(34)43)21-30-10-9-11-31(20-30)37(35-18-24(3)14-28(7)40(35)44)36-19-25(4)15-29(8)41(36)45/h9-20,32,37H,21,42-45H2,1-8H3.